The van der Waals surface area contributed by atoms with Crippen molar-refractivity contribution in [2.24, 2.45) is 11.3 Å². The van der Waals surface area contributed by atoms with Gasteiger partial charge in [-0.05, 0) is 17.8 Å². The van der Waals surface area contributed by atoms with E-state index in [-0.39, 0.29) is 5.41 Å². The fourth-order valence-electron chi connectivity index (χ4n) is 1.75. The van der Waals surface area contributed by atoms with E-state index in [1.807, 2.05) is 4.90 Å². The Kier molecular flexibility index (Phi) is 3.99. The molecular weight excluding hydrogens is 242 g/mol. The van der Waals surface area contributed by atoms with Gasteiger partial charge in [0, 0.05) is 24.8 Å². The fraction of sp³-hybridized carbons (Fsp3) is 0.909. The molecule has 0 aliphatic carbocycles. The molecule has 82 valence electrons. The van der Waals surface area contributed by atoms with Gasteiger partial charge in [-0.3, -0.25) is 4.79 Å². The first-order valence-corrected chi connectivity index (χ1v) is 6.38. The lowest BCUT2D eigenvalue weighted by Crippen LogP contribution is -2.31. The van der Waals surface area contributed by atoms with Crippen LogP contribution in [0.3, 0.4) is 0 Å². The molecule has 3 heteroatoms. The molecule has 1 unspecified atom stereocenters. The highest BCUT2D eigenvalue weighted by molar-refractivity contribution is 9.09. The van der Waals surface area contributed by atoms with E-state index in [4.69, 9.17) is 0 Å². The molecule has 0 aromatic heterocycles. The Morgan fingerprint density at radius 2 is 2.14 bits per heavy atom. The van der Waals surface area contributed by atoms with Gasteiger partial charge in [-0.15, -0.1) is 0 Å². The first kappa shape index (κ1) is 12.0. The van der Waals surface area contributed by atoms with E-state index >= 15 is 0 Å². The van der Waals surface area contributed by atoms with Crippen LogP contribution in [0.4, 0.5) is 0 Å². The van der Waals surface area contributed by atoms with Crippen LogP contribution in [0.1, 0.15) is 33.6 Å². The summed E-state index contributed by atoms with van der Waals surface area (Å²) >= 11 is 3.48. The molecule has 0 aromatic rings. The summed E-state index contributed by atoms with van der Waals surface area (Å²) in [6.07, 6.45) is 1.82. The Bertz CT molecular complexity index is 210. The minimum absolute atomic E-state index is 0.115. The summed E-state index contributed by atoms with van der Waals surface area (Å²) in [6, 6.07) is 0. The van der Waals surface area contributed by atoms with Crippen LogP contribution < -0.4 is 0 Å². The third kappa shape index (κ3) is 3.60. The largest absolute Gasteiger partial charge is 0.342 e. The molecule has 14 heavy (non-hydrogen) atoms. The zero-order valence-electron chi connectivity index (χ0n) is 9.35. The van der Waals surface area contributed by atoms with Gasteiger partial charge in [-0.1, -0.05) is 36.7 Å². The lowest BCUT2D eigenvalue weighted by molar-refractivity contribution is -0.132. The molecule has 0 spiro atoms. The molecule has 1 rings (SSSR count). The first-order chi connectivity index (χ1) is 6.42. The quantitative estimate of drug-likeness (QED) is 0.701. The van der Waals surface area contributed by atoms with Crippen LogP contribution in [-0.4, -0.2) is 29.2 Å². The Labute approximate surface area is 95.2 Å². The average Bonchev–Trinajstić information content (AvgIpc) is 2.48. The van der Waals surface area contributed by atoms with E-state index in [9.17, 15) is 4.79 Å². The van der Waals surface area contributed by atoms with Gasteiger partial charge in [0.1, 0.15) is 0 Å². The monoisotopic (exact) mass is 261 g/mol. The molecule has 2 nitrogen and oxygen atoms in total. The first-order valence-electron chi connectivity index (χ1n) is 5.26. The van der Waals surface area contributed by atoms with E-state index in [0.29, 0.717) is 18.2 Å². The Balaban J connectivity index is 2.40. The number of carbonyl (C=O) groups excluding carboxylic acids is 1. The summed E-state index contributed by atoms with van der Waals surface area (Å²) in [4.78, 5) is 13.8. The zero-order chi connectivity index (χ0) is 10.8. The molecule has 1 saturated heterocycles. The molecule has 0 aromatic carbocycles. The highest BCUT2D eigenvalue weighted by atomic mass is 79.9. The van der Waals surface area contributed by atoms with Crippen molar-refractivity contribution in [2.75, 3.05) is 18.4 Å². The summed E-state index contributed by atoms with van der Waals surface area (Å²) < 4.78 is 0. The maximum Gasteiger partial charge on any atom is 0.223 e. The van der Waals surface area contributed by atoms with Crippen LogP contribution in [-0.2, 0) is 4.79 Å². The second-order valence-electron chi connectivity index (χ2n) is 5.39. The SMILES string of the molecule is CC(C)(C)CC(=O)N1CCC(CBr)C1. The Morgan fingerprint density at radius 3 is 2.57 bits per heavy atom. The third-order valence-electron chi connectivity index (χ3n) is 2.54. The molecule has 0 bridgehead atoms. The van der Waals surface area contributed by atoms with Crippen LogP contribution in [0.2, 0.25) is 0 Å². The van der Waals surface area contributed by atoms with Crippen molar-refractivity contribution in [3.63, 3.8) is 0 Å². The number of likely N-dealkylation sites (tertiary alicyclic amines) is 1. The Hall–Kier alpha value is -0.0500. The number of alkyl halides is 1. The molecule has 0 N–H and O–H groups in total. The van der Waals surface area contributed by atoms with E-state index in [1.165, 1.54) is 0 Å². The van der Waals surface area contributed by atoms with Crippen molar-refractivity contribution in [2.45, 2.75) is 33.6 Å². The fourth-order valence-corrected chi connectivity index (χ4v) is 2.28. The molecule has 1 aliphatic heterocycles. The van der Waals surface area contributed by atoms with Crippen LogP contribution in [0.5, 0.6) is 0 Å². The average molecular weight is 262 g/mol. The van der Waals surface area contributed by atoms with Crippen molar-refractivity contribution < 1.29 is 4.79 Å². The van der Waals surface area contributed by atoms with Gasteiger partial charge in [-0.25, -0.2) is 0 Å². The van der Waals surface area contributed by atoms with E-state index in [1.54, 1.807) is 0 Å². The maximum absolute atomic E-state index is 11.8. The standard InChI is InChI=1S/C11H20BrNO/c1-11(2,3)6-10(14)13-5-4-9(7-12)8-13/h9H,4-8H2,1-3H3. The topological polar surface area (TPSA) is 20.3 Å². The number of amides is 1. The summed E-state index contributed by atoms with van der Waals surface area (Å²) in [5.41, 5.74) is 0.115. The van der Waals surface area contributed by atoms with Crippen LogP contribution in [0.25, 0.3) is 0 Å². The van der Waals surface area contributed by atoms with Crippen molar-refractivity contribution in [3.8, 4) is 0 Å². The van der Waals surface area contributed by atoms with E-state index in [0.717, 1.165) is 24.8 Å². The summed E-state index contributed by atoms with van der Waals surface area (Å²) in [5.74, 6) is 0.986. The molecule has 1 fully saturated rings. The van der Waals surface area contributed by atoms with Crippen molar-refractivity contribution >= 4 is 21.8 Å². The van der Waals surface area contributed by atoms with Gasteiger partial charge in [0.2, 0.25) is 5.91 Å². The van der Waals surface area contributed by atoms with Crippen molar-refractivity contribution in [1.29, 1.82) is 0 Å². The second kappa shape index (κ2) is 4.65. The Morgan fingerprint density at radius 1 is 1.50 bits per heavy atom. The molecule has 1 heterocycles. The minimum Gasteiger partial charge on any atom is -0.342 e. The van der Waals surface area contributed by atoms with E-state index in [2.05, 4.69) is 36.7 Å². The highest BCUT2D eigenvalue weighted by Gasteiger charge is 2.27. The number of hydrogen-bond donors (Lipinski definition) is 0. The van der Waals surface area contributed by atoms with Crippen LogP contribution >= 0.6 is 15.9 Å². The molecule has 1 aliphatic rings. The van der Waals surface area contributed by atoms with Gasteiger partial charge in [-0.2, -0.15) is 0 Å². The summed E-state index contributed by atoms with van der Waals surface area (Å²) in [7, 11) is 0. The number of hydrogen-bond acceptors (Lipinski definition) is 1. The van der Waals surface area contributed by atoms with E-state index < -0.39 is 0 Å². The van der Waals surface area contributed by atoms with Gasteiger partial charge in [0.05, 0.1) is 0 Å². The molecule has 0 radical (unpaired) electrons. The molecule has 1 amide bonds. The second-order valence-corrected chi connectivity index (χ2v) is 6.03. The van der Waals surface area contributed by atoms with Crippen LogP contribution in [0.15, 0.2) is 0 Å². The number of carbonyl (C=O) groups is 1. The zero-order valence-corrected chi connectivity index (χ0v) is 10.9. The van der Waals surface area contributed by atoms with Gasteiger partial charge in [0.15, 0.2) is 0 Å². The van der Waals surface area contributed by atoms with Crippen molar-refractivity contribution in [3.05, 3.63) is 0 Å². The molecule has 1 atom stereocenters. The predicted molar refractivity (Wildman–Crippen MR) is 62.6 cm³/mol. The number of halogens is 1. The van der Waals surface area contributed by atoms with Crippen LogP contribution in [0, 0.1) is 11.3 Å². The smallest absolute Gasteiger partial charge is 0.223 e. The number of rotatable bonds is 2. The maximum atomic E-state index is 11.8. The van der Waals surface area contributed by atoms with Gasteiger partial charge < -0.3 is 4.90 Å². The lowest BCUT2D eigenvalue weighted by atomic mass is 9.92. The van der Waals surface area contributed by atoms with Gasteiger partial charge >= 0.3 is 0 Å². The normalized spacial score (nSPS) is 22.9. The predicted octanol–water partition coefficient (Wildman–Crippen LogP) is 2.67. The third-order valence-corrected chi connectivity index (χ3v) is 3.45. The van der Waals surface area contributed by atoms with Crippen molar-refractivity contribution in [1.82, 2.24) is 4.90 Å². The molecular formula is C11H20BrNO. The minimum atomic E-state index is 0.115. The van der Waals surface area contributed by atoms with Gasteiger partial charge in [0.25, 0.3) is 0 Å². The number of nitrogens with zero attached hydrogens (tertiary/aromatic N) is 1. The summed E-state index contributed by atoms with van der Waals surface area (Å²) in [5, 5.41) is 1.02. The highest BCUT2D eigenvalue weighted by Crippen LogP contribution is 2.24. The summed E-state index contributed by atoms with van der Waals surface area (Å²) in [6.45, 7) is 8.24. The lowest BCUT2D eigenvalue weighted by Gasteiger charge is -2.22. The molecule has 0 saturated carbocycles.